The number of pyridine rings is 1. The molecule has 0 aliphatic carbocycles. The van der Waals surface area contributed by atoms with Crippen molar-refractivity contribution in [2.45, 2.75) is 26.5 Å². The highest BCUT2D eigenvalue weighted by Crippen LogP contribution is 2.21. The first-order chi connectivity index (χ1) is 12.5. The average Bonchev–Trinajstić information content (AvgIpc) is 3.01. The summed E-state index contributed by atoms with van der Waals surface area (Å²) in [5.41, 5.74) is 3.10. The van der Waals surface area contributed by atoms with Crippen molar-refractivity contribution in [2.24, 2.45) is 7.05 Å². The largest absolute Gasteiger partial charge is 0.471 e. The molecule has 0 atom stereocenters. The second kappa shape index (κ2) is 7.77. The zero-order valence-electron chi connectivity index (χ0n) is 15.0. The van der Waals surface area contributed by atoms with Gasteiger partial charge in [0.25, 0.3) is 5.91 Å². The lowest BCUT2D eigenvalue weighted by atomic mass is 10.1. The molecule has 0 saturated heterocycles. The Morgan fingerprint density at radius 3 is 2.62 bits per heavy atom. The van der Waals surface area contributed by atoms with Gasteiger partial charge in [-0.1, -0.05) is 35.5 Å². The zero-order chi connectivity index (χ0) is 18.5. The number of aromatic nitrogens is 4. The maximum absolute atomic E-state index is 11.9. The SMILES string of the molecule is CC(C)NC(=O)c1ccc(OCc2c(-c3ccccc3)nnn2C)nc1. The van der Waals surface area contributed by atoms with E-state index < -0.39 is 0 Å². The highest BCUT2D eigenvalue weighted by molar-refractivity contribution is 5.94. The summed E-state index contributed by atoms with van der Waals surface area (Å²) in [5, 5.41) is 11.1. The number of nitrogens with one attached hydrogen (secondary N) is 1. The first-order valence-electron chi connectivity index (χ1n) is 8.38. The van der Waals surface area contributed by atoms with E-state index in [1.165, 1.54) is 6.20 Å². The summed E-state index contributed by atoms with van der Waals surface area (Å²) in [5.74, 6) is 0.285. The monoisotopic (exact) mass is 351 g/mol. The first-order valence-corrected chi connectivity index (χ1v) is 8.38. The van der Waals surface area contributed by atoms with Crippen LogP contribution in [0, 0.1) is 0 Å². The van der Waals surface area contributed by atoms with E-state index in [0.29, 0.717) is 11.4 Å². The number of rotatable bonds is 6. The van der Waals surface area contributed by atoms with Gasteiger partial charge in [-0.3, -0.25) is 4.79 Å². The maximum atomic E-state index is 11.9. The number of hydrogen-bond acceptors (Lipinski definition) is 5. The number of amides is 1. The van der Waals surface area contributed by atoms with E-state index in [-0.39, 0.29) is 18.6 Å². The molecule has 2 heterocycles. The smallest absolute Gasteiger partial charge is 0.253 e. The standard InChI is InChI=1S/C19H21N5O2/c1-13(2)21-19(25)15-9-10-17(20-11-15)26-12-16-18(22-23-24(16)3)14-7-5-4-6-8-14/h4-11,13H,12H2,1-3H3,(H,21,25). The van der Waals surface area contributed by atoms with Gasteiger partial charge in [-0.2, -0.15) is 0 Å². The molecule has 7 heteroatoms. The van der Waals surface area contributed by atoms with Crippen molar-refractivity contribution in [3.8, 4) is 17.1 Å². The van der Waals surface area contributed by atoms with Crippen LogP contribution in [0.5, 0.6) is 5.88 Å². The lowest BCUT2D eigenvalue weighted by molar-refractivity contribution is 0.0942. The van der Waals surface area contributed by atoms with E-state index in [0.717, 1.165) is 17.0 Å². The van der Waals surface area contributed by atoms with Gasteiger partial charge in [0, 0.05) is 30.9 Å². The summed E-state index contributed by atoms with van der Waals surface area (Å²) in [6.45, 7) is 4.10. The predicted octanol–water partition coefficient (Wildman–Crippen LogP) is 2.59. The molecule has 3 aromatic rings. The van der Waals surface area contributed by atoms with Crippen molar-refractivity contribution < 1.29 is 9.53 Å². The number of aryl methyl sites for hydroxylation is 1. The highest BCUT2D eigenvalue weighted by Gasteiger charge is 2.14. The van der Waals surface area contributed by atoms with Gasteiger partial charge in [0.1, 0.15) is 18.0 Å². The molecule has 1 N–H and O–H groups in total. The second-order valence-electron chi connectivity index (χ2n) is 6.18. The van der Waals surface area contributed by atoms with Crippen LogP contribution >= 0.6 is 0 Å². The molecule has 7 nitrogen and oxygen atoms in total. The molecule has 1 aromatic carbocycles. The Hall–Kier alpha value is -3.22. The van der Waals surface area contributed by atoms with Gasteiger partial charge in [-0.15, -0.1) is 5.10 Å². The molecule has 0 aliphatic heterocycles. The van der Waals surface area contributed by atoms with Crippen LogP contribution in [0.4, 0.5) is 0 Å². The Labute approximate surface area is 152 Å². The fraction of sp³-hybridized carbons (Fsp3) is 0.263. The Bertz CT molecular complexity index is 873. The molecule has 0 bridgehead atoms. The van der Waals surface area contributed by atoms with Crippen LogP contribution in [0.25, 0.3) is 11.3 Å². The Morgan fingerprint density at radius 2 is 1.96 bits per heavy atom. The van der Waals surface area contributed by atoms with Gasteiger partial charge in [0.2, 0.25) is 5.88 Å². The van der Waals surface area contributed by atoms with Crippen molar-refractivity contribution in [1.82, 2.24) is 25.3 Å². The Morgan fingerprint density at radius 1 is 1.19 bits per heavy atom. The Balaban J connectivity index is 1.70. The predicted molar refractivity (Wildman–Crippen MR) is 97.6 cm³/mol. The number of ether oxygens (including phenoxy) is 1. The second-order valence-corrected chi connectivity index (χ2v) is 6.18. The molecule has 0 aliphatic rings. The summed E-state index contributed by atoms with van der Waals surface area (Å²) < 4.78 is 7.45. The Kier molecular flexibility index (Phi) is 5.26. The van der Waals surface area contributed by atoms with Gasteiger partial charge in [0.05, 0.1) is 5.56 Å². The lowest BCUT2D eigenvalue weighted by Crippen LogP contribution is -2.30. The number of hydrogen-bond donors (Lipinski definition) is 1. The van der Waals surface area contributed by atoms with E-state index in [1.54, 1.807) is 16.8 Å². The number of carbonyl (C=O) groups is 1. The van der Waals surface area contributed by atoms with E-state index in [2.05, 4.69) is 20.6 Å². The fourth-order valence-electron chi connectivity index (χ4n) is 2.45. The molecule has 0 radical (unpaired) electrons. The molecule has 0 fully saturated rings. The van der Waals surface area contributed by atoms with Gasteiger partial charge < -0.3 is 10.1 Å². The van der Waals surface area contributed by atoms with Crippen molar-refractivity contribution in [2.75, 3.05) is 0 Å². The van der Waals surface area contributed by atoms with Crippen LogP contribution < -0.4 is 10.1 Å². The van der Waals surface area contributed by atoms with Crippen LogP contribution in [0.1, 0.15) is 29.9 Å². The minimum Gasteiger partial charge on any atom is -0.471 e. The molecule has 2 aromatic heterocycles. The lowest BCUT2D eigenvalue weighted by Gasteiger charge is -2.09. The minimum absolute atomic E-state index is 0.0761. The number of carbonyl (C=O) groups excluding carboxylic acids is 1. The van der Waals surface area contributed by atoms with Gasteiger partial charge in [0.15, 0.2) is 0 Å². The van der Waals surface area contributed by atoms with Crippen molar-refractivity contribution in [3.05, 3.63) is 59.9 Å². The van der Waals surface area contributed by atoms with Gasteiger partial charge in [-0.05, 0) is 19.9 Å². The topological polar surface area (TPSA) is 81.9 Å². The van der Waals surface area contributed by atoms with E-state index in [1.807, 2.05) is 51.2 Å². The first kappa shape index (κ1) is 17.6. The molecule has 0 saturated carbocycles. The van der Waals surface area contributed by atoms with E-state index in [4.69, 9.17) is 4.74 Å². The normalized spacial score (nSPS) is 10.8. The molecular formula is C19H21N5O2. The molecular weight excluding hydrogens is 330 g/mol. The molecule has 0 spiro atoms. The summed E-state index contributed by atoms with van der Waals surface area (Å²) in [6.07, 6.45) is 1.51. The van der Waals surface area contributed by atoms with Crippen molar-refractivity contribution in [3.63, 3.8) is 0 Å². The van der Waals surface area contributed by atoms with Gasteiger partial charge in [-0.25, -0.2) is 9.67 Å². The average molecular weight is 351 g/mol. The third-order valence-corrected chi connectivity index (χ3v) is 3.77. The molecule has 0 unspecified atom stereocenters. The van der Waals surface area contributed by atoms with Crippen LogP contribution in [-0.2, 0) is 13.7 Å². The maximum Gasteiger partial charge on any atom is 0.253 e. The summed E-state index contributed by atoms with van der Waals surface area (Å²) in [7, 11) is 1.82. The summed E-state index contributed by atoms with van der Waals surface area (Å²) in [4.78, 5) is 16.2. The molecule has 26 heavy (non-hydrogen) atoms. The molecule has 134 valence electrons. The molecule has 3 rings (SSSR count). The van der Waals surface area contributed by atoms with Gasteiger partial charge >= 0.3 is 0 Å². The van der Waals surface area contributed by atoms with E-state index >= 15 is 0 Å². The van der Waals surface area contributed by atoms with Crippen LogP contribution in [0.15, 0.2) is 48.7 Å². The van der Waals surface area contributed by atoms with Crippen LogP contribution in [0.3, 0.4) is 0 Å². The van der Waals surface area contributed by atoms with Crippen molar-refractivity contribution >= 4 is 5.91 Å². The van der Waals surface area contributed by atoms with Crippen LogP contribution in [0.2, 0.25) is 0 Å². The van der Waals surface area contributed by atoms with E-state index in [9.17, 15) is 4.79 Å². The quantitative estimate of drug-likeness (QED) is 0.738. The molecule has 1 amide bonds. The number of benzene rings is 1. The highest BCUT2D eigenvalue weighted by atomic mass is 16.5. The van der Waals surface area contributed by atoms with Crippen LogP contribution in [-0.4, -0.2) is 31.9 Å². The minimum atomic E-state index is -0.152. The third-order valence-electron chi connectivity index (χ3n) is 3.77. The van der Waals surface area contributed by atoms with Crippen molar-refractivity contribution in [1.29, 1.82) is 0 Å². The third kappa shape index (κ3) is 4.05. The number of nitrogens with zero attached hydrogens (tertiary/aromatic N) is 4. The fourth-order valence-corrected chi connectivity index (χ4v) is 2.45. The summed E-state index contributed by atoms with van der Waals surface area (Å²) >= 11 is 0. The zero-order valence-corrected chi connectivity index (χ0v) is 15.0. The summed E-state index contributed by atoms with van der Waals surface area (Å²) in [6, 6.07) is 13.3.